The van der Waals surface area contributed by atoms with Gasteiger partial charge < -0.3 is 20.1 Å². The van der Waals surface area contributed by atoms with Gasteiger partial charge in [0.15, 0.2) is 0 Å². The van der Waals surface area contributed by atoms with Gasteiger partial charge in [0.1, 0.15) is 6.10 Å². The lowest BCUT2D eigenvalue weighted by Gasteiger charge is -2.11. The van der Waals surface area contributed by atoms with Crippen LogP contribution in [0.15, 0.2) is 24.3 Å². The molecule has 0 saturated carbocycles. The number of amides is 2. The first-order valence-electron chi connectivity index (χ1n) is 7.01. The number of anilines is 1. The van der Waals surface area contributed by atoms with Gasteiger partial charge in [0, 0.05) is 18.2 Å². The molecule has 6 nitrogen and oxygen atoms in total. The normalized spacial score (nSPS) is 17.6. The number of carbonyl (C=O) groups is 2. The maximum Gasteiger partial charge on any atom is 0.338 e. The van der Waals surface area contributed by atoms with Crippen molar-refractivity contribution in [2.24, 2.45) is 0 Å². The first-order valence-corrected chi connectivity index (χ1v) is 7.01. The molecule has 2 rings (SSSR count). The Morgan fingerprint density at radius 2 is 2.00 bits per heavy atom. The van der Waals surface area contributed by atoms with E-state index in [1.807, 2.05) is 13.8 Å². The summed E-state index contributed by atoms with van der Waals surface area (Å²) >= 11 is 0. The standard InChI is InChI=1S/C15H20N2O4/c1-10(2)16-15(19)17-12-5-3-11(4-6-12)14(18)21-13-7-8-20-9-13/h3-6,10,13H,7-9H2,1-2H3,(H2,16,17,19)/t13-/m1/s1. The monoisotopic (exact) mass is 292 g/mol. The summed E-state index contributed by atoms with van der Waals surface area (Å²) in [6.45, 7) is 4.85. The second-order valence-electron chi connectivity index (χ2n) is 5.22. The highest BCUT2D eigenvalue weighted by molar-refractivity contribution is 5.92. The van der Waals surface area contributed by atoms with Crippen molar-refractivity contribution in [3.05, 3.63) is 29.8 Å². The molecule has 0 unspecified atom stereocenters. The lowest BCUT2D eigenvalue weighted by Crippen LogP contribution is -2.34. The molecule has 1 aromatic carbocycles. The number of hydrogen-bond donors (Lipinski definition) is 2. The van der Waals surface area contributed by atoms with Crippen molar-refractivity contribution in [3.63, 3.8) is 0 Å². The van der Waals surface area contributed by atoms with Crippen LogP contribution in [0.2, 0.25) is 0 Å². The number of ether oxygens (including phenoxy) is 2. The molecule has 1 atom stereocenters. The SMILES string of the molecule is CC(C)NC(=O)Nc1ccc(C(=O)O[C@@H]2CCOC2)cc1. The van der Waals surface area contributed by atoms with E-state index < -0.39 is 0 Å². The second kappa shape index (κ2) is 7.08. The summed E-state index contributed by atoms with van der Waals surface area (Å²) in [6.07, 6.45) is 0.577. The van der Waals surface area contributed by atoms with Gasteiger partial charge in [0.2, 0.25) is 0 Å². The summed E-state index contributed by atoms with van der Waals surface area (Å²) in [4.78, 5) is 23.4. The molecule has 2 N–H and O–H groups in total. The fourth-order valence-corrected chi connectivity index (χ4v) is 1.94. The van der Waals surface area contributed by atoms with Crippen molar-refractivity contribution in [2.75, 3.05) is 18.5 Å². The van der Waals surface area contributed by atoms with E-state index in [0.29, 0.717) is 24.5 Å². The highest BCUT2D eigenvalue weighted by atomic mass is 16.6. The molecule has 6 heteroatoms. The zero-order valence-corrected chi connectivity index (χ0v) is 12.2. The van der Waals surface area contributed by atoms with Crippen LogP contribution in [0.1, 0.15) is 30.6 Å². The molecule has 0 aliphatic carbocycles. The molecule has 0 aromatic heterocycles. The predicted octanol–water partition coefficient (Wildman–Crippen LogP) is 2.16. The minimum atomic E-state index is -0.372. The Kier molecular flexibility index (Phi) is 5.16. The van der Waals surface area contributed by atoms with Gasteiger partial charge >= 0.3 is 12.0 Å². The molecular formula is C15H20N2O4. The Morgan fingerprint density at radius 1 is 1.29 bits per heavy atom. The molecule has 114 valence electrons. The van der Waals surface area contributed by atoms with Gasteiger partial charge in [-0.3, -0.25) is 0 Å². The molecule has 0 radical (unpaired) electrons. The molecule has 0 bridgehead atoms. The van der Waals surface area contributed by atoms with E-state index in [4.69, 9.17) is 9.47 Å². The van der Waals surface area contributed by atoms with Gasteiger partial charge in [-0.1, -0.05) is 0 Å². The summed E-state index contributed by atoms with van der Waals surface area (Å²) in [7, 11) is 0. The molecule has 1 fully saturated rings. The minimum absolute atomic E-state index is 0.0629. The van der Waals surface area contributed by atoms with E-state index in [1.165, 1.54) is 0 Å². The first kappa shape index (κ1) is 15.3. The highest BCUT2D eigenvalue weighted by Gasteiger charge is 2.20. The largest absolute Gasteiger partial charge is 0.456 e. The molecule has 1 heterocycles. The number of urea groups is 1. The number of nitrogens with one attached hydrogen (secondary N) is 2. The van der Waals surface area contributed by atoms with Crippen LogP contribution in [-0.4, -0.2) is 37.4 Å². The van der Waals surface area contributed by atoms with Gasteiger partial charge in [-0.2, -0.15) is 0 Å². The van der Waals surface area contributed by atoms with Gasteiger partial charge in [-0.25, -0.2) is 9.59 Å². The van der Waals surface area contributed by atoms with E-state index in [-0.39, 0.29) is 24.1 Å². The zero-order chi connectivity index (χ0) is 15.2. The Balaban J connectivity index is 1.88. The molecular weight excluding hydrogens is 272 g/mol. The maximum atomic E-state index is 11.9. The van der Waals surface area contributed by atoms with Gasteiger partial charge in [0.05, 0.1) is 18.8 Å². The topological polar surface area (TPSA) is 76.7 Å². The van der Waals surface area contributed by atoms with Crippen molar-refractivity contribution in [2.45, 2.75) is 32.4 Å². The van der Waals surface area contributed by atoms with Crippen LogP contribution in [0.5, 0.6) is 0 Å². The fraction of sp³-hybridized carbons (Fsp3) is 0.467. The average molecular weight is 292 g/mol. The molecule has 2 amide bonds. The van der Waals surface area contributed by atoms with Crippen LogP contribution in [0.4, 0.5) is 10.5 Å². The van der Waals surface area contributed by atoms with Crippen LogP contribution in [0, 0.1) is 0 Å². The van der Waals surface area contributed by atoms with E-state index in [2.05, 4.69) is 10.6 Å². The Hall–Kier alpha value is -2.08. The van der Waals surface area contributed by atoms with E-state index >= 15 is 0 Å². The number of esters is 1. The third-order valence-corrected chi connectivity index (χ3v) is 2.96. The lowest BCUT2D eigenvalue weighted by molar-refractivity contribution is 0.0270. The number of carbonyl (C=O) groups excluding carboxylic acids is 2. The summed E-state index contributed by atoms with van der Waals surface area (Å²) in [5, 5.41) is 5.41. The first-order chi connectivity index (χ1) is 10.0. The molecule has 1 aliphatic rings. The smallest absolute Gasteiger partial charge is 0.338 e. The van der Waals surface area contributed by atoms with E-state index in [1.54, 1.807) is 24.3 Å². The van der Waals surface area contributed by atoms with Gasteiger partial charge in [-0.05, 0) is 38.1 Å². The van der Waals surface area contributed by atoms with Crippen LogP contribution in [0.3, 0.4) is 0 Å². The van der Waals surface area contributed by atoms with Crippen LogP contribution in [0.25, 0.3) is 0 Å². The fourth-order valence-electron chi connectivity index (χ4n) is 1.94. The average Bonchev–Trinajstić information content (AvgIpc) is 2.91. The Bertz CT molecular complexity index is 493. The third-order valence-electron chi connectivity index (χ3n) is 2.96. The van der Waals surface area contributed by atoms with Crippen LogP contribution >= 0.6 is 0 Å². The van der Waals surface area contributed by atoms with Crippen LogP contribution < -0.4 is 10.6 Å². The predicted molar refractivity (Wildman–Crippen MR) is 78.4 cm³/mol. The molecule has 21 heavy (non-hydrogen) atoms. The molecule has 1 saturated heterocycles. The summed E-state index contributed by atoms with van der Waals surface area (Å²) < 4.78 is 10.5. The summed E-state index contributed by atoms with van der Waals surface area (Å²) in [5.41, 5.74) is 1.07. The minimum Gasteiger partial charge on any atom is -0.456 e. The second-order valence-corrected chi connectivity index (χ2v) is 5.22. The van der Waals surface area contributed by atoms with Crippen molar-refractivity contribution in [1.29, 1.82) is 0 Å². The van der Waals surface area contributed by atoms with E-state index in [0.717, 1.165) is 6.42 Å². The molecule has 1 aromatic rings. The van der Waals surface area contributed by atoms with Crippen molar-refractivity contribution < 1.29 is 19.1 Å². The van der Waals surface area contributed by atoms with Crippen LogP contribution in [-0.2, 0) is 9.47 Å². The number of benzene rings is 1. The summed E-state index contributed by atoms with van der Waals surface area (Å²) in [5.74, 6) is -0.372. The van der Waals surface area contributed by atoms with E-state index in [9.17, 15) is 9.59 Å². The lowest BCUT2D eigenvalue weighted by atomic mass is 10.2. The Labute approximate surface area is 123 Å². The third kappa shape index (κ3) is 4.75. The van der Waals surface area contributed by atoms with Crippen molar-refractivity contribution >= 4 is 17.7 Å². The molecule has 1 aliphatic heterocycles. The van der Waals surface area contributed by atoms with Gasteiger partial charge in [-0.15, -0.1) is 0 Å². The van der Waals surface area contributed by atoms with Crippen molar-refractivity contribution in [1.82, 2.24) is 5.32 Å². The quantitative estimate of drug-likeness (QED) is 0.834. The van der Waals surface area contributed by atoms with Crippen molar-refractivity contribution in [3.8, 4) is 0 Å². The highest BCUT2D eigenvalue weighted by Crippen LogP contribution is 2.14. The Morgan fingerprint density at radius 3 is 2.57 bits per heavy atom. The zero-order valence-electron chi connectivity index (χ0n) is 12.2. The summed E-state index contributed by atoms with van der Waals surface area (Å²) in [6, 6.07) is 6.38. The maximum absolute atomic E-state index is 11.9. The molecule has 0 spiro atoms. The number of rotatable bonds is 4. The van der Waals surface area contributed by atoms with Gasteiger partial charge in [0.25, 0.3) is 0 Å². The number of hydrogen-bond acceptors (Lipinski definition) is 4.